The molecule has 4 nitrogen and oxygen atoms in total. The summed E-state index contributed by atoms with van der Waals surface area (Å²) in [6, 6.07) is 9.51. The summed E-state index contributed by atoms with van der Waals surface area (Å²) in [5, 5.41) is 0.962. The van der Waals surface area contributed by atoms with E-state index in [-0.39, 0.29) is 5.91 Å². The van der Waals surface area contributed by atoms with Gasteiger partial charge in [0.2, 0.25) is 5.91 Å². The van der Waals surface area contributed by atoms with E-state index in [2.05, 4.69) is 24.0 Å². The van der Waals surface area contributed by atoms with Gasteiger partial charge < -0.3 is 10.6 Å². The fourth-order valence-electron chi connectivity index (χ4n) is 2.58. The molecule has 2 N–H and O–H groups in total. The summed E-state index contributed by atoms with van der Waals surface area (Å²) in [5.41, 5.74) is 9.89. The second kappa shape index (κ2) is 5.16. The zero-order valence-electron chi connectivity index (χ0n) is 12.3. The minimum absolute atomic E-state index is 0.0586. The van der Waals surface area contributed by atoms with Crippen molar-refractivity contribution in [2.24, 2.45) is 5.73 Å². The van der Waals surface area contributed by atoms with Gasteiger partial charge in [-0.15, -0.1) is 0 Å². The van der Waals surface area contributed by atoms with Gasteiger partial charge in [0.15, 0.2) is 0 Å². The van der Waals surface area contributed by atoms with E-state index in [1.807, 2.05) is 25.1 Å². The molecule has 1 amide bonds. The van der Waals surface area contributed by atoms with E-state index in [0.717, 1.165) is 26.9 Å². The van der Waals surface area contributed by atoms with Crippen molar-refractivity contribution in [3.63, 3.8) is 0 Å². The molecule has 0 saturated carbocycles. The van der Waals surface area contributed by atoms with Crippen LogP contribution in [0.5, 0.6) is 0 Å². The molecule has 2 aromatic rings. The molecule has 0 radical (unpaired) electrons. The molecule has 0 aliphatic carbocycles. The van der Waals surface area contributed by atoms with E-state index in [0.29, 0.717) is 0 Å². The second-order valence-electron chi connectivity index (χ2n) is 5.32. The lowest BCUT2D eigenvalue weighted by Crippen LogP contribution is -2.27. The van der Waals surface area contributed by atoms with Gasteiger partial charge in [0, 0.05) is 28.9 Å². The SMILES string of the molecule is Cc1cc(C)nc(Sc2ccc3c(c2)N(C)C(=O)C3N)c1. The fraction of sp³-hybridized carbons (Fsp3) is 0.250. The highest BCUT2D eigenvalue weighted by atomic mass is 32.2. The number of nitrogens with two attached hydrogens (primary N) is 1. The molecule has 2 heterocycles. The maximum absolute atomic E-state index is 11.9. The number of carbonyl (C=O) groups excluding carboxylic acids is 1. The number of benzene rings is 1. The van der Waals surface area contributed by atoms with E-state index in [9.17, 15) is 4.79 Å². The van der Waals surface area contributed by atoms with Gasteiger partial charge in [0.25, 0.3) is 0 Å². The van der Waals surface area contributed by atoms with Crippen LogP contribution in [0.2, 0.25) is 0 Å². The Morgan fingerprint density at radius 1 is 1.24 bits per heavy atom. The number of carbonyl (C=O) groups is 1. The summed E-state index contributed by atoms with van der Waals surface area (Å²) in [7, 11) is 1.76. The molecule has 5 heteroatoms. The normalized spacial score (nSPS) is 17.2. The van der Waals surface area contributed by atoms with Crippen LogP contribution in [0, 0.1) is 13.8 Å². The van der Waals surface area contributed by atoms with Crippen molar-refractivity contribution < 1.29 is 4.79 Å². The molecule has 1 aliphatic heterocycles. The van der Waals surface area contributed by atoms with Gasteiger partial charge in [0.1, 0.15) is 11.1 Å². The van der Waals surface area contributed by atoms with Crippen molar-refractivity contribution in [2.75, 3.05) is 11.9 Å². The molecule has 21 heavy (non-hydrogen) atoms. The van der Waals surface area contributed by atoms with Crippen molar-refractivity contribution in [1.29, 1.82) is 0 Å². The number of amides is 1. The lowest BCUT2D eigenvalue weighted by atomic mass is 10.1. The molecule has 1 aromatic carbocycles. The van der Waals surface area contributed by atoms with Gasteiger partial charge >= 0.3 is 0 Å². The first-order valence-electron chi connectivity index (χ1n) is 6.76. The maximum Gasteiger partial charge on any atom is 0.248 e. The van der Waals surface area contributed by atoms with Crippen molar-refractivity contribution in [3.8, 4) is 0 Å². The number of hydrogen-bond donors (Lipinski definition) is 1. The van der Waals surface area contributed by atoms with Crippen molar-refractivity contribution in [3.05, 3.63) is 47.2 Å². The van der Waals surface area contributed by atoms with Crippen molar-refractivity contribution in [1.82, 2.24) is 4.98 Å². The Bertz CT molecular complexity index is 709. The van der Waals surface area contributed by atoms with E-state index in [1.54, 1.807) is 23.7 Å². The summed E-state index contributed by atoms with van der Waals surface area (Å²) >= 11 is 1.60. The Kier molecular flexibility index (Phi) is 3.47. The Morgan fingerprint density at radius 2 is 2.00 bits per heavy atom. The molecule has 0 saturated heterocycles. The Hall–Kier alpha value is -1.85. The Morgan fingerprint density at radius 3 is 2.71 bits per heavy atom. The topological polar surface area (TPSA) is 59.2 Å². The second-order valence-corrected chi connectivity index (χ2v) is 6.42. The predicted molar refractivity (Wildman–Crippen MR) is 84.6 cm³/mol. The largest absolute Gasteiger partial charge is 0.316 e. The molecule has 108 valence electrons. The summed E-state index contributed by atoms with van der Waals surface area (Å²) in [4.78, 5) is 19.1. The van der Waals surface area contributed by atoms with Crippen LogP contribution in [-0.2, 0) is 4.79 Å². The van der Waals surface area contributed by atoms with Crippen LogP contribution in [0.3, 0.4) is 0 Å². The van der Waals surface area contributed by atoms with Gasteiger partial charge in [-0.05, 0) is 43.7 Å². The number of fused-ring (bicyclic) bond motifs is 1. The van der Waals surface area contributed by atoms with Crippen LogP contribution in [0.15, 0.2) is 40.3 Å². The minimum atomic E-state index is -0.539. The highest BCUT2D eigenvalue weighted by molar-refractivity contribution is 7.99. The van der Waals surface area contributed by atoms with Crippen molar-refractivity contribution in [2.45, 2.75) is 29.8 Å². The summed E-state index contributed by atoms with van der Waals surface area (Å²) in [6.45, 7) is 4.05. The van der Waals surface area contributed by atoms with E-state index in [1.165, 1.54) is 5.56 Å². The molecule has 1 atom stereocenters. The first-order valence-corrected chi connectivity index (χ1v) is 7.57. The number of aromatic nitrogens is 1. The Labute approximate surface area is 128 Å². The van der Waals surface area contributed by atoms with Crippen LogP contribution in [-0.4, -0.2) is 17.9 Å². The zero-order chi connectivity index (χ0) is 15.1. The Balaban J connectivity index is 1.93. The molecule has 0 bridgehead atoms. The van der Waals surface area contributed by atoms with Gasteiger partial charge in [-0.3, -0.25) is 4.79 Å². The maximum atomic E-state index is 11.9. The number of anilines is 1. The molecule has 1 unspecified atom stereocenters. The van der Waals surface area contributed by atoms with Crippen LogP contribution in [0.4, 0.5) is 5.69 Å². The number of rotatable bonds is 2. The van der Waals surface area contributed by atoms with E-state index < -0.39 is 6.04 Å². The molecule has 1 aromatic heterocycles. The van der Waals surface area contributed by atoms with Gasteiger partial charge in [-0.2, -0.15) is 0 Å². The number of hydrogen-bond acceptors (Lipinski definition) is 4. The molecule has 1 aliphatic rings. The average molecular weight is 299 g/mol. The number of aryl methyl sites for hydroxylation is 2. The first kappa shape index (κ1) is 14.1. The summed E-state index contributed by atoms with van der Waals surface area (Å²) in [5.74, 6) is -0.0586. The third-order valence-electron chi connectivity index (χ3n) is 3.59. The zero-order valence-corrected chi connectivity index (χ0v) is 13.1. The minimum Gasteiger partial charge on any atom is -0.316 e. The average Bonchev–Trinajstić information content (AvgIpc) is 2.63. The third-order valence-corrected chi connectivity index (χ3v) is 4.50. The van der Waals surface area contributed by atoms with E-state index in [4.69, 9.17) is 5.73 Å². The number of pyridine rings is 1. The molecule has 0 spiro atoms. The number of nitrogens with zero attached hydrogens (tertiary/aromatic N) is 2. The summed E-state index contributed by atoms with van der Waals surface area (Å²) in [6.07, 6.45) is 0. The quantitative estimate of drug-likeness (QED) is 0.926. The lowest BCUT2D eigenvalue weighted by molar-refractivity contribution is -0.118. The highest BCUT2D eigenvalue weighted by Gasteiger charge is 2.32. The standard InChI is InChI=1S/C16H17N3OS/c1-9-6-10(2)18-14(7-9)21-11-4-5-12-13(8-11)19(3)16(20)15(12)17/h4-8,15H,17H2,1-3H3. The van der Waals surface area contributed by atoms with Gasteiger partial charge in [-0.25, -0.2) is 4.98 Å². The highest BCUT2D eigenvalue weighted by Crippen LogP contribution is 2.38. The third kappa shape index (κ3) is 2.54. The van der Waals surface area contributed by atoms with Gasteiger partial charge in [-0.1, -0.05) is 17.8 Å². The van der Waals surface area contributed by atoms with Crippen LogP contribution in [0.25, 0.3) is 0 Å². The van der Waals surface area contributed by atoms with Crippen LogP contribution >= 0.6 is 11.8 Å². The molecule has 0 fully saturated rings. The molecular weight excluding hydrogens is 282 g/mol. The van der Waals surface area contributed by atoms with Crippen molar-refractivity contribution >= 4 is 23.4 Å². The predicted octanol–water partition coefficient (Wildman–Crippen LogP) is 2.83. The van der Waals surface area contributed by atoms with Crippen LogP contribution < -0.4 is 10.6 Å². The molecular formula is C16H17N3OS. The molecule has 3 rings (SSSR count). The van der Waals surface area contributed by atoms with E-state index >= 15 is 0 Å². The number of likely N-dealkylation sites (N-methyl/N-ethyl adjacent to an activating group) is 1. The first-order chi connectivity index (χ1) is 9.95. The fourth-order valence-corrected chi connectivity index (χ4v) is 3.56. The summed E-state index contributed by atoms with van der Waals surface area (Å²) < 4.78 is 0. The lowest BCUT2D eigenvalue weighted by Gasteiger charge is -2.11. The van der Waals surface area contributed by atoms with Gasteiger partial charge in [0.05, 0.1) is 0 Å². The van der Waals surface area contributed by atoms with Crippen LogP contribution in [0.1, 0.15) is 22.9 Å². The smallest absolute Gasteiger partial charge is 0.248 e. The monoisotopic (exact) mass is 299 g/mol.